The zero-order valence-electron chi connectivity index (χ0n) is 14.0. The number of aliphatic carboxylic acids is 2. The van der Waals surface area contributed by atoms with Crippen LogP contribution in [0.4, 0.5) is 0 Å². The predicted molar refractivity (Wildman–Crippen MR) is 93.5 cm³/mol. The summed E-state index contributed by atoms with van der Waals surface area (Å²) in [4.78, 5) is 20.6. The van der Waals surface area contributed by atoms with E-state index >= 15 is 0 Å². The number of β-amino-alcohol motifs (C(OH)–C–C–N with tert-alkyl or cyclic N) is 1. The maximum absolute atomic E-state index is 10.3. The molecule has 7 nitrogen and oxygen atoms in total. The quantitative estimate of drug-likeness (QED) is 0.726. The number of likely N-dealkylation sites (tertiary alicyclic amines) is 1. The Balaban J connectivity index is 0.000000326. The number of carbonyl (C=O) groups is 2. The summed E-state index contributed by atoms with van der Waals surface area (Å²) in [6.45, 7) is 3.77. The Bertz CT molecular complexity index is 694. The van der Waals surface area contributed by atoms with Gasteiger partial charge in [0.25, 0.3) is 0 Å². The smallest absolute Gasteiger partial charge is 0.414 e. The van der Waals surface area contributed by atoms with Crippen LogP contribution in [0.3, 0.4) is 0 Å². The van der Waals surface area contributed by atoms with Crippen molar-refractivity contribution in [1.82, 2.24) is 9.47 Å². The lowest BCUT2D eigenvalue weighted by Crippen LogP contribution is -2.37. The molecule has 3 rings (SSSR count). The van der Waals surface area contributed by atoms with Crippen molar-refractivity contribution < 1.29 is 24.9 Å². The van der Waals surface area contributed by atoms with Crippen LogP contribution < -0.4 is 0 Å². The molecule has 0 aliphatic carbocycles. The molecule has 7 heteroatoms. The molecule has 0 radical (unpaired) electrons. The summed E-state index contributed by atoms with van der Waals surface area (Å²) in [6.07, 6.45) is 5.69. The first-order valence-electron chi connectivity index (χ1n) is 8.38. The zero-order valence-corrected chi connectivity index (χ0v) is 14.0. The minimum absolute atomic E-state index is 0.283. The Morgan fingerprint density at radius 1 is 0.960 bits per heavy atom. The first kappa shape index (κ1) is 19.0. The van der Waals surface area contributed by atoms with Crippen LogP contribution in [-0.4, -0.2) is 62.5 Å². The van der Waals surface area contributed by atoms with Crippen LogP contribution in [0.5, 0.6) is 0 Å². The van der Waals surface area contributed by atoms with E-state index in [0.717, 1.165) is 19.6 Å². The Labute approximate surface area is 146 Å². The van der Waals surface area contributed by atoms with E-state index in [2.05, 4.69) is 46.0 Å². The average molecular weight is 348 g/mol. The number of benzene rings is 1. The molecule has 0 spiro atoms. The van der Waals surface area contributed by atoms with Crippen molar-refractivity contribution in [1.29, 1.82) is 0 Å². The Morgan fingerprint density at radius 3 is 2.24 bits per heavy atom. The number of aliphatic hydroxyl groups is 1. The number of fused-ring (bicyclic) bond motifs is 1. The van der Waals surface area contributed by atoms with E-state index < -0.39 is 11.9 Å². The monoisotopic (exact) mass is 348 g/mol. The standard InChI is InChI=1S/C16H22N2O.C2H2O4/c19-15(12-17-9-4-1-5-10-17)13-18-11-8-14-6-2-3-7-16(14)18;3-1(4)2(5)6/h2-3,6-8,11,15,19H,1,4-5,9-10,12-13H2;(H,3,4)(H,5,6). The Morgan fingerprint density at radius 2 is 1.60 bits per heavy atom. The van der Waals surface area contributed by atoms with Gasteiger partial charge in [0.15, 0.2) is 0 Å². The molecule has 0 bridgehead atoms. The molecule has 3 N–H and O–H groups in total. The highest BCUT2D eigenvalue weighted by Gasteiger charge is 2.15. The molecule has 136 valence electrons. The van der Waals surface area contributed by atoms with Gasteiger partial charge in [0.05, 0.1) is 6.10 Å². The molecule has 0 amide bonds. The molecule has 1 aliphatic rings. The fourth-order valence-electron chi connectivity index (χ4n) is 3.02. The van der Waals surface area contributed by atoms with E-state index in [4.69, 9.17) is 19.8 Å². The SMILES string of the molecule is O=C(O)C(=O)O.OC(CN1CCCCC1)Cn1ccc2ccccc21. The summed E-state index contributed by atoms with van der Waals surface area (Å²) in [5.41, 5.74) is 1.21. The maximum Gasteiger partial charge on any atom is 0.414 e. The minimum atomic E-state index is -1.82. The number of aliphatic hydroxyl groups excluding tert-OH is 1. The first-order valence-corrected chi connectivity index (χ1v) is 8.38. The highest BCUT2D eigenvalue weighted by atomic mass is 16.4. The van der Waals surface area contributed by atoms with Gasteiger partial charge in [-0.05, 0) is 43.5 Å². The summed E-state index contributed by atoms with van der Waals surface area (Å²) in [5, 5.41) is 26.3. The second kappa shape index (κ2) is 9.19. The molecule has 1 saturated heterocycles. The molecular weight excluding hydrogens is 324 g/mol. The Kier molecular flexibility index (Phi) is 6.97. The van der Waals surface area contributed by atoms with Gasteiger partial charge in [-0.15, -0.1) is 0 Å². The van der Waals surface area contributed by atoms with E-state index in [0.29, 0.717) is 6.54 Å². The van der Waals surface area contributed by atoms with Crippen LogP contribution in [0.2, 0.25) is 0 Å². The topological polar surface area (TPSA) is 103 Å². The van der Waals surface area contributed by atoms with Crippen molar-refractivity contribution in [2.45, 2.75) is 31.9 Å². The van der Waals surface area contributed by atoms with Crippen LogP contribution in [0, 0.1) is 0 Å². The summed E-state index contributed by atoms with van der Waals surface area (Å²) in [6, 6.07) is 10.4. The van der Waals surface area contributed by atoms with Gasteiger partial charge in [0, 0.05) is 24.8 Å². The molecule has 1 aromatic carbocycles. The van der Waals surface area contributed by atoms with Crippen molar-refractivity contribution in [3.05, 3.63) is 36.5 Å². The molecule has 1 aliphatic heterocycles. The number of piperidine rings is 1. The van der Waals surface area contributed by atoms with E-state index in [1.54, 1.807) is 0 Å². The van der Waals surface area contributed by atoms with Gasteiger partial charge in [0.1, 0.15) is 0 Å². The van der Waals surface area contributed by atoms with Gasteiger partial charge in [0.2, 0.25) is 0 Å². The fraction of sp³-hybridized carbons (Fsp3) is 0.444. The van der Waals surface area contributed by atoms with Crippen molar-refractivity contribution >= 4 is 22.8 Å². The number of nitrogens with zero attached hydrogens (tertiary/aromatic N) is 2. The van der Waals surface area contributed by atoms with Gasteiger partial charge in [-0.3, -0.25) is 0 Å². The van der Waals surface area contributed by atoms with Crippen LogP contribution >= 0.6 is 0 Å². The lowest BCUT2D eigenvalue weighted by Gasteiger charge is -2.28. The third-order valence-electron chi connectivity index (χ3n) is 4.19. The van der Waals surface area contributed by atoms with Gasteiger partial charge in [-0.2, -0.15) is 0 Å². The van der Waals surface area contributed by atoms with Crippen LogP contribution in [-0.2, 0) is 16.1 Å². The molecule has 2 aromatic rings. The summed E-state index contributed by atoms with van der Waals surface area (Å²) < 4.78 is 2.16. The van der Waals surface area contributed by atoms with Crippen molar-refractivity contribution in [3.8, 4) is 0 Å². The number of hydrogen-bond donors (Lipinski definition) is 3. The largest absolute Gasteiger partial charge is 0.473 e. The van der Waals surface area contributed by atoms with E-state index in [-0.39, 0.29) is 6.10 Å². The van der Waals surface area contributed by atoms with Crippen LogP contribution in [0.1, 0.15) is 19.3 Å². The Hall–Kier alpha value is -2.38. The van der Waals surface area contributed by atoms with E-state index in [1.165, 1.54) is 30.2 Å². The third-order valence-corrected chi connectivity index (χ3v) is 4.19. The molecule has 1 aromatic heterocycles. The van der Waals surface area contributed by atoms with Gasteiger partial charge >= 0.3 is 11.9 Å². The third kappa shape index (κ3) is 5.88. The van der Waals surface area contributed by atoms with Crippen molar-refractivity contribution in [3.63, 3.8) is 0 Å². The molecule has 0 saturated carbocycles. The normalized spacial score (nSPS) is 16.0. The fourth-order valence-corrected chi connectivity index (χ4v) is 3.02. The number of carboxylic acid groups (broad SMARTS) is 2. The average Bonchev–Trinajstić information content (AvgIpc) is 2.99. The number of aromatic nitrogens is 1. The minimum Gasteiger partial charge on any atom is -0.473 e. The molecule has 1 atom stereocenters. The van der Waals surface area contributed by atoms with Gasteiger partial charge in [-0.25, -0.2) is 9.59 Å². The molecular formula is C18H24N2O5. The molecule has 2 heterocycles. The molecule has 25 heavy (non-hydrogen) atoms. The van der Waals surface area contributed by atoms with Crippen molar-refractivity contribution in [2.75, 3.05) is 19.6 Å². The van der Waals surface area contributed by atoms with Crippen molar-refractivity contribution in [2.24, 2.45) is 0 Å². The predicted octanol–water partition coefficient (Wildman–Crippen LogP) is 1.64. The molecule has 1 unspecified atom stereocenters. The highest BCUT2D eigenvalue weighted by molar-refractivity contribution is 6.27. The lowest BCUT2D eigenvalue weighted by molar-refractivity contribution is -0.159. The van der Waals surface area contributed by atoms with E-state index in [9.17, 15) is 5.11 Å². The first-order chi connectivity index (χ1) is 12.0. The van der Waals surface area contributed by atoms with Crippen LogP contribution in [0.15, 0.2) is 36.5 Å². The zero-order chi connectivity index (χ0) is 18.2. The summed E-state index contributed by atoms with van der Waals surface area (Å²) in [5.74, 6) is -3.65. The second-order valence-corrected chi connectivity index (χ2v) is 6.15. The molecule has 1 fully saturated rings. The summed E-state index contributed by atoms with van der Waals surface area (Å²) >= 11 is 0. The van der Waals surface area contributed by atoms with Gasteiger partial charge in [-0.1, -0.05) is 24.6 Å². The maximum atomic E-state index is 10.3. The van der Waals surface area contributed by atoms with Gasteiger partial charge < -0.3 is 24.8 Å². The number of rotatable bonds is 4. The number of carboxylic acids is 2. The summed E-state index contributed by atoms with van der Waals surface area (Å²) in [7, 11) is 0. The number of para-hydroxylation sites is 1. The lowest BCUT2D eigenvalue weighted by atomic mass is 10.1. The number of hydrogen-bond acceptors (Lipinski definition) is 4. The highest BCUT2D eigenvalue weighted by Crippen LogP contribution is 2.16. The van der Waals surface area contributed by atoms with Crippen LogP contribution in [0.25, 0.3) is 10.9 Å². The second-order valence-electron chi connectivity index (χ2n) is 6.15. The van der Waals surface area contributed by atoms with E-state index in [1.807, 2.05) is 0 Å².